The Kier molecular flexibility index (Phi) is 3.99. The molecule has 0 atom stereocenters. The summed E-state index contributed by atoms with van der Waals surface area (Å²) < 4.78 is 28.1. The number of nitrogens with zero attached hydrogens (tertiary/aromatic N) is 2. The normalized spacial score (nSPS) is 12.2. The van der Waals surface area contributed by atoms with E-state index in [-0.39, 0.29) is 15.4 Å². The molecule has 20 heavy (non-hydrogen) atoms. The lowest BCUT2D eigenvalue weighted by atomic mass is 10.2. The largest absolute Gasteiger partial charge is 0.592 e. The summed E-state index contributed by atoms with van der Waals surface area (Å²) >= 11 is 0. The van der Waals surface area contributed by atoms with Crippen molar-refractivity contribution < 1.29 is 17.6 Å². The van der Waals surface area contributed by atoms with Crippen LogP contribution in [-0.4, -0.2) is 13.3 Å². The minimum atomic E-state index is -4.09. The summed E-state index contributed by atoms with van der Waals surface area (Å²) in [6, 6.07) is 14.1. The number of hydrogen-bond acceptors (Lipinski definition) is 5. The smallest absolute Gasteiger partial charge is 0.363 e. The van der Waals surface area contributed by atoms with Gasteiger partial charge in [0.15, 0.2) is 0 Å². The van der Waals surface area contributed by atoms with Gasteiger partial charge < -0.3 is 5.21 Å². The van der Waals surface area contributed by atoms with Gasteiger partial charge in [0.25, 0.3) is 0 Å². The molecule has 0 aliphatic heterocycles. The topological polar surface area (TPSA) is 81.8 Å². The predicted molar refractivity (Wildman–Crippen MR) is 71.6 cm³/mol. The molecule has 7 heteroatoms. The molecule has 2 rings (SSSR count). The molecule has 0 radical (unpaired) electrons. The van der Waals surface area contributed by atoms with Crippen LogP contribution in [-0.2, 0) is 14.4 Å². The molecule has 0 unspecified atom stereocenters. The highest BCUT2D eigenvalue weighted by Crippen LogP contribution is 2.16. The Balaban J connectivity index is 2.21. The van der Waals surface area contributed by atoms with Crippen LogP contribution in [0.15, 0.2) is 64.8 Å². The average Bonchev–Trinajstić information content (AvgIpc) is 2.46. The number of para-hydroxylation sites is 1. The second-order valence-corrected chi connectivity index (χ2v) is 5.56. The van der Waals surface area contributed by atoms with E-state index < -0.39 is 10.1 Å². The van der Waals surface area contributed by atoms with Gasteiger partial charge in [-0.05, 0) is 29.5 Å². The highest BCUT2D eigenvalue weighted by Gasteiger charge is 2.18. The van der Waals surface area contributed by atoms with E-state index in [1.54, 1.807) is 37.3 Å². The zero-order chi connectivity index (χ0) is 14.6. The standard InChI is InChI=1S/C13H12N2O4S/c1-11-6-5-9-13(10-11)20(17,18)19-14-15(16)12-7-3-2-4-8-12/h2-10H,1H3. The molecule has 0 aliphatic rings. The first-order valence-corrected chi connectivity index (χ1v) is 7.13. The summed E-state index contributed by atoms with van der Waals surface area (Å²) in [4.78, 5) is 0.0515. The first-order chi connectivity index (χ1) is 9.49. The van der Waals surface area contributed by atoms with E-state index in [0.29, 0.717) is 0 Å². The fourth-order valence-corrected chi connectivity index (χ4v) is 2.30. The summed E-state index contributed by atoms with van der Waals surface area (Å²) in [5, 5.41) is 14.6. The molecule has 0 spiro atoms. The van der Waals surface area contributed by atoms with Crippen molar-refractivity contribution in [1.82, 2.24) is 0 Å². The van der Waals surface area contributed by atoms with Gasteiger partial charge in [-0.3, -0.25) is 0 Å². The van der Waals surface area contributed by atoms with Gasteiger partial charge in [0.05, 0.1) is 0 Å². The predicted octanol–water partition coefficient (Wildman–Crippen LogP) is 2.91. The fourth-order valence-electron chi connectivity index (χ4n) is 1.49. The van der Waals surface area contributed by atoms with Crippen molar-refractivity contribution >= 4 is 15.8 Å². The van der Waals surface area contributed by atoms with Crippen LogP contribution >= 0.6 is 0 Å². The van der Waals surface area contributed by atoms with E-state index in [4.69, 9.17) is 0 Å². The minimum Gasteiger partial charge on any atom is -0.592 e. The lowest BCUT2D eigenvalue weighted by molar-refractivity contribution is -0.468. The molecule has 0 fully saturated rings. The molecule has 0 amide bonds. The Labute approximate surface area is 116 Å². The molecule has 2 aromatic rings. The summed E-state index contributed by atoms with van der Waals surface area (Å²) in [5.74, 6) is 0. The number of aryl methyl sites for hydroxylation is 1. The molecule has 0 aromatic heterocycles. The molecule has 104 valence electrons. The van der Waals surface area contributed by atoms with Crippen molar-refractivity contribution in [2.24, 2.45) is 5.28 Å². The third-order valence-corrected chi connectivity index (χ3v) is 3.56. The number of rotatable bonds is 4. The summed E-state index contributed by atoms with van der Waals surface area (Å²) in [6.07, 6.45) is 0. The van der Waals surface area contributed by atoms with Gasteiger partial charge >= 0.3 is 10.1 Å². The highest BCUT2D eigenvalue weighted by atomic mass is 32.2. The number of hydrogen-bond donors (Lipinski definition) is 0. The van der Waals surface area contributed by atoms with Crippen LogP contribution in [0.4, 0.5) is 5.69 Å². The minimum absolute atomic E-state index is 0.0530. The molecule has 0 heterocycles. The van der Waals surface area contributed by atoms with E-state index in [2.05, 4.69) is 9.56 Å². The van der Waals surface area contributed by atoms with Crippen LogP contribution in [0.5, 0.6) is 0 Å². The van der Waals surface area contributed by atoms with Gasteiger partial charge in [0.1, 0.15) is 4.90 Å². The van der Waals surface area contributed by atoms with Gasteiger partial charge in [-0.1, -0.05) is 30.3 Å². The molecule has 6 nitrogen and oxygen atoms in total. The second kappa shape index (κ2) is 5.70. The molecule has 0 N–H and O–H groups in total. The Bertz CT molecular complexity index is 727. The monoisotopic (exact) mass is 292 g/mol. The second-order valence-electron chi connectivity index (χ2n) is 4.04. The van der Waals surface area contributed by atoms with E-state index in [9.17, 15) is 13.6 Å². The van der Waals surface area contributed by atoms with Gasteiger partial charge in [0, 0.05) is 12.1 Å². The molecule has 2 aromatic carbocycles. The molecule has 0 aliphatic carbocycles. The van der Waals surface area contributed by atoms with E-state index >= 15 is 0 Å². The van der Waals surface area contributed by atoms with E-state index in [1.807, 2.05) is 0 Å². The van der Waals surface area contributed by atoms with Crippen LogP contribution in [0, 0.1) is 12.1 Å². The Hall–Kier alpha value is -2.41. The molecular formula is C13H12N2O4S. The maximum atomic E-state index is 11.8. The zero-order valence-corrected chi connectivity index (χ0v) is 11.4. The van der Waals surface area contributed by atoms with Crippen molar-refractivity contribution in [3.8, 4) is 0 Å². The van der Waals surface area contributed by atoms with Crippen LogP contribution in [0.2, 0.25) is 0 Å². The van der Waals surface area contributed by atoms with Gasteiger partial charge in [-0.2, -0.15) is 8.42 Å². The average molecular weight is 292 g/mol. The van der Waals surface area contributed by atoms with Gasteiger partial charge in [0.2, 0.25) is 11.0 Å². The van der Waals surface area contributed by atoms with Crippen LogP contribution < -0.4 is 0 Å². The SMILES string of the molecule is Cc1cccc(S(=O)(=O)ON=[N+]([O-])c2ccccc2)c1. The third kappa shape index (κ3) is 3.33. The van der Waals surface area contributed by atoms with Crippen LogP contribution in [0.1, 0.15) is 5.56 Å². The summed E-state index contributed by atoms with van der Waals surface area (Å²) in [6.45, 7) is 1.75. The maximum absolute atomic E-state index is 11.8. The molecule has 0 saturated heterocycles. The third-order valence-electron chi connectivity index (χ3n) is 2.46. The molecule has 0 bridgehead atoms. The highest BCUT2D eigenvalue weighted by molar-refractivity contribution is 7.86. The lowest BCUT2D eigenvalue weighted by Crippen LogP contribution is -2.04. The number of benzene rings is 2. The molecular weight excluding hydrogens is 280 g/mol. The van der Waals surface area contributed by atoms with E-state index in [1.165, 1.54) is 24.3 Å². The van der Waals surface area contributed by atoms with Crippen molar-refractivity contribution in [3.63, 3.8) is 0 Å². The zero-order valence-electron chi connectivity index (χ0n) is 10.6. The Morgan fingerprint density at radius 3 is 2.45 bits per heavy atom. The van der Waals surface area contributed by atoms with Crippen LogP contribution in [0.3, 0.4) is 0 Å². The maximum Gasteiger partial charge on any atom is 0.363 e. The summed E-state index contributed by atoms with van der Waals surface area (Å²) in [5.41, 5.74) is 0.934. The Morgan fingerprint density at radius 2 is 1.80 bits per heavy atom. The van der Waals surface area contributed by atoms with Crippen molar-refractivity contribution in [1.29, 1.82) is 0 Å². The fraction of sp³-hybridized carbons (Fsp3) is 0.0769. The first kappa shape index (κ1) is 14.0. The lowest BCUT2D eigenvalue weighted by Gasteiger charge is -2.02. The van der Waals surface area contributed by atoms with Crippen molar-refractivity contribution in [2.45, 2.75) is 11.8 Å². The quantitative estimate of drug-likeness (QED) is 0.493. The van der Waals surface area contributed by atoms with Crippen molar-refractivity contribution in [3.05, 3.63) is 65.4 Å². The van der Waals surface area contributed by atoms with Gasteiger partial charge in [-0.25, -0.2) is 4.28 Å². The van der Waals surface area contributed by atoms with Crippen molar-refractivity contribution in [2.75, 3.05) is 0 Å². The van der Waals surface area contributed by atoms with E-state index in [0.717, 1.165) is 5.56 Å². The van der Waals surface area contributed by atoms with Gasteiger partial charge in [-0.15, -0.1) is 0 Å². The van der Waals surface area contributed by atoms with Crippen LogP contribution in [0.25, 0.3) is 0 Å². The molecule has 0 saturated carbocycles. The summed E-state index contributed by atoms with van der Waals surface area (Å²) in [7, 11) is -4.09. The Morgan fingerprint density at radius 1 is 1.10 bits per heavy atom. The first-order valence-electron chi connectivity index (χ1n) is 5.72.